The van der Waals surface area contributed by atoms with E-state index in [1.54, 1.807) is 12.1 Å². The van der Waals surface area contributed by atoms with Crippen molar-refractivity contribution >= 4 is 150 Å². The average molecular weight is 1810 g/mol. The second kappa shape index (κ2) is 36.9. The largest absolute Gasteiger partial charge is 0.393 e. The zero-order valence-corrected chi connectivity index (χ0v) is 70.0. The van der Waals surface area contributed by atoms with Crippen molar-refractivity contribution in [3.05, 3.63) is 215 Å². The van der Waals surface area contributed by atoms with Crippen molar-refractivity contribution in [3.63, 3.8) is 0 Å². The highest BCUT2D eigenvalue weighted by Gasteiger charge is 2.40. The molecule has 3 unspecified atom stereocenters. The minimum absolute atomic E-state index is 0.136. The number of terminal acetylenes is 1. The molecule has 2 aliphatic heterocycles. The molecule has 2 aromatic carbocycles. The number of aliphatic hydroxyl groups is 3. The standard InChI is InChI=1S/C28H30N4O5S2.C24H25BrClN5O5S2.C23H24Cl2N6O5S2/c1-3-17-7-8-18-5-4-6-21(23(18)9-17)22-12-26(38-16(22)2)27(34)24-13-30-15-31-28(24)32-20-10-19(25(33)11-20)14-37-39(29,35)36;25-14-2-1-12-3-4-29-21(16(12)6-14)17-8-20(37-23(17)26)22(33)18-9-28-11-30-24(18)31-15-5-13(19(32)7-15)10-36-38(27,34)35;24-18-2-1-11-3-4-28-20(19(11)31-18)14-7-17(37-22(14)25)21(33)15-8-27-10-29-23(15)30-13-5-12(16(32)6-13)9-36-38(26,34)35/h1,7-9,12-13,15,19-21,25,33H,4-6,10-11,14H2,2H3,(H2,29,35,36)(H,30,31,32);1-2,6,8-9,11,13,15,19,21,29,32H,3-5,7,10H2,(H2,27,34,35)(H,28,30,31);1-2,7-8,10,12-13,16,20,28,32H,3-6,9H2,(H2,26,34,35)(H,27,29,30)/t19-,20-,21?,25+;13-,15-,19+,21?;12-,13-,16+,20?/m111/s1. The number of aliphatic hydroxyl groups excluding tert-OH is 3. The topological polar surface area (TPSA) is 470 Å². The fraction of sp³-hybridized carbons (Fsp3) is 0.387. The quantitative estimate of drug-likeness (QED) is 0.0153. The number of carbonyl (C=O) groups excluding carboxylic acids is 3. The van der Waals surface area contributed by atoms with Crippen LogP contribution in [0.2, 0.25) is 13.8 Å². The van der Waals surface area contributed by atoms with Crippen LogP contribution in [0.4, 0.5) is 17.5 Å². The highest BCUT2D eigenvalue weighted by atomic mass is 79.9. The van der Waals surface area contributed by atoms with Gasteiger partial charge in [0.15, 0.2) is 0 Å². The van der Waals surface area contributed by atoms with E-state index in [1.807, 2.05) is 37.3 Å². The van der Waals surface area contributed by atoms with Crippen molar-refractivity contribution in [1.82, 2.24) is 45.5 Å². The minimum Gasteiger partial charge on any atom is -0.393 e. The molecule has 0 bridgehead atoms. The molecule has 30 nitrogen and oxygen atoms in total. The number of aryl methyl sites for hydroxylation is 2. The van der Waals surface area contributed by atoms with Crippen molar-refractivity contribution in [1.29, 1.82) is 0 Å². The third-order valence-electron chi connectivity index (χ3n) is 21.0. The van der Waals surface area contributed by atoms with E-state index in [1.165, 1.54) is 76.9 Å². The van der Waals surface area contributed by atoms with Crippen molar-refractivity contribution in [3.8, 4) is 12.3 Å². The molecule has 15 rings (SSSR count). The molecule has 14 N–H and O–H groups in total. The molecule has 12 atom stereocenters. The Morgan fingerprint density at radius 1 is 0.557 bits per heavy atom. The Morgan fingerprint density at radius 3 is 1.46 bits per heavy atom. The van der Waals surface area contributed by atoms with E-state index >= 15 is 0 Å². The van der Waals surface area contributed by atoms with Crippen LogP contribution in [0.15, 0.2) is 109 Å². The summed E-state index contributed by atoms with van der Waals surface area (Å²) in [4.78, 5) is 72.9. The number of rotatable bonds is 24. The fourth-order valence-corrected chi connectivity index (χ4v) is 20.8. The Bertz CT molecular complexity index is 5330. The number of hydrogen-bond acceptors (Lipinski definition) is 30. The summed E-state index contributed by atoms with van der Waals surface area (Å²) in [6.45, 7) is 2.90. The molecule has 608 valence electrons. The summed E-state index contributed by atoms with van der Waals surface area (Å²) in [6, 6.07) is 20.5. The molecule has 9 aromatic rings. The maximum absolute atomic E-state index is 13.7. The number of aromatic nitrogens is 7. The van der Waals surface area contributed by atoms with Crippen LogP contribution in [-0.2, 0) is 62.7 Å². The van der Waals surface area contributed by atoms with E-state index in [2.05, 4.69) is 120 Å². The lowest BCUT2D eigenvalue weighted by molar-refractivity contribution is 0.100. The number of anilines is 3. The lowest BCUT2D eigenvalue weighted by atomic mass is 9.78. The normalized spacial score (nSPS) is 23.1. The zero-order valence-electron chi connectivity index (χ0n) is 61.2. The lowest BCUT2D eigenvalue weighted by Crippen LogP contribution is -2.31. The summed E-state index contributed by atoms with van der Waals surface area (Å²) < 4.78 is 82.7. The zero-order chi connectivity index (χ0) is 81.8. The van der Waals surface area contributed by atoms with Gasteiger partial charge in [0.1, 0.15) is 41.6 Å². The molecule has 9 heterocycles. The molecule has 4 aliphatic carbocycles. The van der Waals surface area contributed by atoms with Gasteiger partial charge in [0.25, 0.3) is 0 Å². The number of nitrogens with zero attached hydrogens (tertiary/aromatic N) is 7. The van der Waals surface area contributed by atoms with E-state index in [0.29, 0.717) is 90.0 Å². The third kappa shape index (κ3) is 21.2. The van der Waals surface area contributed by atoms with Crippen LogP contribution in [-0.4, -0.2) is 162 Å². The SMILES string of the molecule is C#Cc1ccc2c(c1)C(c1cc(C(=O)c3cncnc3N[C@@H]3C[C@H](COS(N)(=O)=O)[C@@H](O)C3)sc1C)CCC2.NS(=O)(=O)OC[C@H]1C[C@@H](Nc2ncncc2C(=O)c2cc(C3NCCc4ccc(Br)cc43)c(Cl)s2)C[C@@H]1O.NS(=O)(=O)OC[C@H]1C[C@@H](Nc2ncncc2C(=O)c2cc(C3NCCc4ccc(Cl)nc43)c(Cl)s2)C[C@@H]1O. The van der Waals surface area contributed by atoms with Gasteiger partial charge in [0.05, 0.1) is 95.9 Å². The Morgan fingerprint density at radius 2 is 0.983 bits per heavy atom. The molecule has 3 saturated carbocycles. The molecule has 0 radical (unpaired) electrons. The number of nitrogens with one attached hydrogen (secondary N) is 5. The molecule has 40 heteroatoms. The Kier molecular flexibility index (Phi) is 27.4. The molecular weight excluding hydrogens is 1730 g/mol. The van der Waals surface area contributed by atoms with E-state index in [-0.39, 0.29) is 84.4 Å². The first-order valence-electron chi connectivity index (χ1n) is 36.4. The van der Waals surface area contributed by atoms with E-state index in [0.717, 1.165) is 105 Å². The number of pyridine rings is 1. The summed E-state index contributed by atoms with van der Waals surface area (Å²) in [7, 11) is -12.3. The first-order valence-corrected chi connectivity index (χ1v) is 45.2. The average Bonchev–Trinajstić information content (AvgIpc) is 1.67. The van der Waals surface area contributed by atoms with Crippen molar-refractivity contribution in [2.24, 2.45) is 33.2 Å². The van der Waals surface area contributed by atoms with Gasteiger partial charge in [-0.15, -0.1) is 40.4 Å². The van der Waals surface area contributed by atoms with Crippen LogP contribution >= 0.6 is 84.7 Å². The molecule has 7 aromatic heterocycles. The number of benzene rings is 2. The number of fused-ring (bicyclic) bond motifs is 3. The smallest absolute Gasteiger partial charge is 0.333 e. The lowest BCUT2D eigenvalue weighted by Gasteiger charge is -2.27. The number of nitrogens with two attached hydrogens (primary N) is 3. The van der Waals surface area contributed by atoms with Gasteiger partial charge in [-0.25, -0.2) is 50.3 Å². The Balaban J connectivity index is 0.000000150. The van der Waals surface area contributed by atoms with Gasteiger partial charge in [0.2, 0.25) is 17.3 Å². The molecule has 0 spiro atoms. The van der Waals surface area contributed by atoms with Crippen LogP contribution < -0.4 is 42.0 Å². The van der Waals surface area contributed by atoms with Gasteiger partial charge >= 0.3 is 30.9 Å². The molecule has 6 aliphatic rings. The van der Waals surface area contributed by atoms with Crippen molar-refractivity contribution < 1.29 is 67.5 Å². The highest BCUT2D eigenvalue weighted by Crippen LogP contribution is 2.45. The Hall–Kier alpha value is -7.34. The number of hydrogen-bond donors (Lipinski definition) is 11. The van der Waals surface area contributed by atoms with Crippen LogP contribution in [0.1, 0.15) is 176 Å². The number of ketones is 3. The summed E-state index contributed by atoms with van der Waals surface area (Å²) in [5.41, 5.74) is 11.2. The first-order chi connectivity index (χ1) is 54.8. The van der Waals surface area contributed by atoms with Gasteiger partial charge in [-0.05, 0) is 159 Å². The van der Waals surface area contributed by atoms with Crippen LogP contribution in [0.5, 0.6) is 0 Å². The fourth-order valence-electron chi connectivity index (χ4n) is 15.6. The summed E-state index contributed by atoms with van der Waals surface area (Å²) in [6.07, 6.45) is 18.7. The maximum atomic E-state index is 13.7. The predicted octanol–water partition coefficient (Wildman–Crippen LogP) is 8.97. The molecule has 0 saturated heterocycles. The second-order valence-electron chi connectivity index (χ2n) is 28.7. The van der Waals surface area contributed by atoms with Crippen LogP contribution in [0.3, 0.4) is 0 Å². The van der Waals surface area contributed by atoms with Crippen molar-refractivity contribution in [2.45, 2.75) is 132 Å². The predicted molar refractivity (Wildman–Crippen MR) is 439 cm³/mol. The van der Waals surface area contributed by atoms with Gasteiger partial charge in [-0.2, -0.15) is 25.3 Å². The minimum atomic E-state index is -4.11. The number of halogens is 4. The highest BCUT2D eigenvalue weighted by molar-refractivity contribution is 9.10. The van der Waals surface area contributed by atoms with Crippen LogP contribution in [0.25, 0.3) is 0 Å². The summed E-state index contributed by atoms with van der Waals surface area (Å²) in [5.74, 6) is 1.85. The molecule has 3 fully saturated rings. The molecular formula is C75H79BrCl3N15O15S6. The van der Waals surface area contributed by atoms with E-state index < -0.39 is 67.0 Å². The van der Waals surface area contributed by atoms with Gasteiger partial charge in [-0.1, -0.05) is 74.9 Å². The maximum Gasteiger partial charge on any atom is 0.333 e. The Labute approximate surface area is 698 Å². The van der Waals surface area contributed by atoms with E-state index in [4.69, 9.17) is 56.6 Å². The number of carbonyl (C=O) groups is 3. The first kappa shape index (κ1) is 85.5. The van der Waals surface area contributed by atoms with Gasteiger partial charge < -0.3 is 41.9 Å². The summed E-state index contributed by atoms with van der Waals surface area (Å²) >= 11 is 26.8. The third-order valence-corrected chi connectivity index (χ3v) is 27.0. The number of thiophene rings is 3. The van der Waals surface area contributed by atoms with Gasteiger partial charge in [-0.3, -0.25) is 26.9 Å². The van der Waals surface area contributed by atoms with Crippen LogP contribution in [0, 0.1) is 37.0 Å². The molecule has 0 amide bonds. The monoisotopic (exact) mass is 1810 g/mol. The van der Waals surface area contributed by atoms with Crippen molar-refractivity contribution in [2.75, 3.05) is 48.9 Å². The van der Waals surface area contributed by atoms with Gasteiger partial charge in [0, 0.05) is 99.5 Å². The summed E-state index contributed by atoms with van der Waals surface area (Å²) in [5, 5.41) is 62.7. The van der Waals surface area contributed by atoms with E-state index in [9.17, 15) is 55.0 Å². The molecule has 115 heavy (non-hydrogen) atoms. The second-order valence-corrected chi connectivity index (χ2v) is 38.2.